The predicted molar refractivity (Wildman–Crippen MR) is 63.1 cm³/mol. The third kappa shape index (κ3) is 1.99. The van der Waals surface area contributed by atoms with Crippen molar-refractivity contribution in [3.8, 4) is 11.4 Å². The average Bonchev–Trinajstić information content (AvgIpc) is 2.68. The molecule has 0 atom stereocenters. The van der Waals surface area contributed by atoms with Gasteiger partial charge < -0.3 is 9.72 Å². The molecule has 0 aliphatic carbocycles. The highest BCUT2D eigenvalue weighted by molar-refractivity contribution is 9.10. The number of methoxy groups -OCH3 is 1. The van der Waals surface area contributed by atoms with Gasteiger partial charge >= 0.3 is 5.97 Å². The molecule has 0 saturated carbocycles. The summed E-state index contributed by atoms with van der Waals surface area (Å²) in [5.74, 6) is -0.770. The number of esters is 1. The Bertz CT molecular complexity index is 679. The van der Waals surface area contributed by atoms with E-state index >= 15 is 0 Å². The predicted octanol–water partition coefficient (Wildman–Crippen LogP) is 2.63. The number of hydrogen-bond acceptors (Lipinski definition) is 3. The van der Waals surface area contributed by atoms with Crippen LogP contribution in [0.15, 0.2) is 35.0 Å². The third-order valence-electron chi connectivity index (χ3n) is 1.96. The van der Waals surface area contributed by atoms with Gasteiger partial charge in [0.1, 0.15) is 5.82 Å². The second kappa shape index (κ2) is 4.49. The maximum absolute atomic E-state index is 11.8. The summed E-state index contributed by atoms with van der Waals surface area (Å²) in [4.78, 5) is 18.2. The molecular formula is C11H9BrN2O2. The Kier molecular flexibility index (Phi) is 1.74. The molecule has 1 aromatic heterocycles. The molecular weight excluding hydrogens is 272 g/mol. The molecule has 82 valence electrons. The van der Waals surface area contributed by atoms with Crippen LogP contribution in [0.25, 0.3) is 11.4 Å². The number of aromatic nitrogens is 2. The Morgan fingerprint density at radius 2 is 2.56 bits per heavy atom. The van der Waals surface area contributed by atoms with Crippen molar-refractivity contribution in [3.63, 3.8) is 0 Å². The Morgan fingerprint density at radius 3 is 3.25 bits per heavy atom. The molecule has 0 aliphatic rings. The molecule has 0 aliphatic heterocycles. The first-order valence-corrected chi connectivity index (χ1v) is 5.03. The highest BCUT2D eigenvalue weighted by Crippen LogP contribution is 2.23. The van der Waals surface area contributed by atoms with Gasteiger partial charge in [0, 0.05) is 22.4 Å². The first kappa shape index (κ1) is 6.20. The standard InChI is InChI=1S/C11H9BrN2O2/c1-16-11(15)8-6-7(2-3-9(8)12)10-13-4-5-14-10/h2-6H,1H3,(H,13,14)/i1D3,4D,5D. The summed E-state index contributed by atoms with van der Waals surface area (Å²) < 4.78 is 40.3. The summed E-state index contributed by atoms with van der Waals surface area (Å²) in [7, 11) is -2.83. The average molecular weight is 286 g/mol. The van der Waals surface area contributed by atoms with Crippen molar-refractivity contribution in [2.24, 2.45) is 0 Å². The molecule has 0 fully saturated rings. The maximum atomic E-state index is 11.8. The maximum Gasteiger partial charge on any atom is 0.339 e. The molecule has 1 aromatic carbocycles. The molecule has 16 heavy (non-hydrogen) atoms. The SMILES string of the molecule is [2H]c1nc(-c2ccc(Br)c(C(=O)OC([2H])([2H])[2H])c2)[nH]c1[2H]. The fraction of sp³-hybridized carbons (Fsp3) is 0.0909. The summed E-state index contributed by atoms with van der Waals surface area (Å²) in [6.07, 6.45) is -0.376. The van der Waals surface area contributed by atoms with Crippen LogP contribution >= 0.6 is 15.9 Å². The molecule has 0 bridgehead atoms. The molecule has 0 unspecified atom stereocenters. The van der Waals surface area contributed by atoms with Crippen molar-refractivity contribution < 1.29 is 16.4 Å². The minimum absolute atomic E-state index is 0.0121. The fourth-order valence-corrected chi connectivity index (χ4v) is 1.63. The van der Waals surface area contributed by atoms with E-state index in [1.54, 1.807) is 6.07 Å². The number of carbonyl (C=O) groups excluding carboxylic acids is 1. The van der Waals surface area contributed by atoms with Crippen LogP contribution in [0, 0.1) is 0 Å². The molecule has 0 radical (unpaired) electrons. The minimum Gasteiger partial charge on any atom is -0.465 e. The monoisotopic (exact) mass is 285 g/mol. The van der Waals surface area contributed by atoms with Crippen molar-refractivity contribution in [3.05, 3.63) is 40.6 Å². The molecule has 5 heteroatoms. The Morgan fingerprint density at radius 1 is 1.69 bits per heavy atom. The van der Waals surface area contributed by atoms with Crippen LogP contribution in [0.3, 0.4) is 0 Å². The van der Waals surface area contributed by atoms with Gasteiger partial charge in [0.25, 0.3) is 0 Å². The lowest BCUT2D eigenvalue weighted by Gasteiger charge is -2.04. The van der Waals surface area contributed by atoms with Crippen molar-refractivity contribution in [1.29, 1.82) is 0 Å². The van der Waals surface area contributed by atoms with Gasteiger partial charge in [-0.15, -0.1) is 0 Å². The van der Waals surface area contributed by atoms with Crippen LogP contribution in [-0.2, 0) is 4.74 Å². The third-order valence-corrected chi connectivity index (χ3v) is 2.65. The van der Waals surface area contributed by atoms with Gasteiger partial charge in [-0.3, -0.25) is 0 Å². The van der Waals surface area contributed by atoms with Gasteiger partial charge in [0.15, 0.2) is 0 Å². The largest absolute Gasteiger partial charge is 0.465 e. The van der Waals surface area contributed by atoms with Crippen molar-refractivity contribution >= 4 is 21.9 Å². The van der Waals surface area contributed by atoms with Crippen molar-refractivity contribution in [2.75, 3.05) is 7.04 Å². The number of nitrogens with one attached hydrogen (secondary N) is 1. The number of rotatable bonds is 2. The lowest BCUT2D eigenvalue weighted by atomic mass is 10.1. The van der Waals surface area contributed by atoms with E-state index in [4.69, 9.17) is 6.85 Å². The number of hydrogen-bond donors (Lipinski definition) is 1. The van der Waals surface area contributed by atoms with Gasteiger partial charge in [0.05, 0.1) is 19.5 Å². The number of nitrogens with zero attached hydrogens (tertiary/aromatic N) is 1. The fourth-order valence-electron chi connectivity index (χ4n) is 1.22. The van der Waals surface area contributed by atoms with E-state index in [0.29, 0.717) is 10.0 Å². The number of benzene rings is 1. The van der Waals surface area contributed by atoms with E-state index < -0.39 is 13.0 Å². The minimum atomic E-state index is -2.83. The summed E-state index contributed by atoms with van der Waals surface area (Å²) in [5.41, 5.74) is 0.445. The van der Waals surface area contributed by atoms with Crippen LogP contribution in [0.5, 0.6) is 0 Å². The van der Waals surface area contributed by atoms with Gasteiger partial charge in [-0.25, -0.2) is 9.78 Å². The van der Waals surface area contributed by atoms with E-state index in [-0.39, 0.29) is 23.7 Å². The van der Waals surface area contributed by atoms with Crippen LogP contribution in [0.4, 0.5) is 0 Å². The first-order chi connectivity index (χ1) is 9.67. The zero-order valence-electron chi connectivity index (χ0n) is 12.9. The van der Waals surface area contributed by atoms with E-state index in [9.17, 15) is 4.79 Å². The van der Waals surface area contributed by atoms with Gasteiger partial charge in [0.2, 0.25) is 0 Å². The number of imidazole rings is 1. The van der Waals surface area contributed by atoms with Crippen LogP contribution in [0.1, 0.15) is 17.2 Å². The zero-order chi connectivity index (χ0) is 15.8. The molecule has 0 spiro atoms. The molecule has 2 rings (SSSR count). The topological polar surface area (TPSA) is 55.0 Å². The zero-order valence-corrected chi connectivity index (χ0v) is 9.46. The quantitative estimate of drug-likeness (QED) is 0.863. The lowest BCUT2D eigenvalue weighted by Crippen LogP contribution is -2.02. The molecule has 2 aromatic rings. The smallest absolute Gasteiger partial charge is 0.339 e. The lowest BCUT2D eigenvalue weighted by molar-refractivity contribution is 0.0600. The van der Waals surface area contributed by atoms with Gasteiger partial charge in [-0.2, -0.15) is 0 Å². The second-order valence-electron chi connectivity index (χ2n) is 2.91. The Balaban J connectivity index is 2.40. The van der Waals surface area contributed by atoms with Crippen LogP contribution < -0.4 is 0 Å². The molecule has 1 heterocycles. The van der Waals surface area contributed by atoms with Crippen LogP contribution in [-0.4, -0.2) is 23.0 Å². The Labute approximate surface area is 108 Å². The van der Waals surface area contributed by atoms with Crippen molar-refractivity contribution in [2.45, 2.75) is 0 Å². The highest BCUT2D eigenvalue weighted by Gasteiger charge is 2.12. The van der Waals surface area contributed by atoms with E-state index in [1.165, 1.54) is 12.1 Å². The number of aromatic amines is 1. The van der Waals surface area contributed by atoms with Gasteiger partial charge in [-0.05, 0) is 28.1 Å². The number of halogens is 1. The molecule has 4 nitrogen and oxygen atoms in total. The number of carbonyl (C=O) groups is 1. The summed E-state index contributed by atoms with van der Waals surface area (Å²) in [5, 5.41) is 0. The molecule has 0 saturated heterocycles. The van der Waals surface area contributed by atoms with Gasteiger partial charge in [-0.1, -0.05) is 6.07 Å². The van der Waals surface area contributed by atoms with Crippen LogP contribution in [0.2, 0.25) is 0 Å². The van der Waals surface area contributed by atoms with Crippen molar-refractivity contribution in [1.82, 2.24) is 9.97 Å². The molecule has 0 amide bonds. The second-order valence-corrected chi connectivity index (χ2v) is 3.76. The highest BCUT2D eigenvalue weighted by atomic mass is 79.9. The van der Waals surface area contributed by atoms with E-state index in [0.717, 1.165) is 0 Å². The number of H-pyrrole nitrogens is 1. The normalized spacial score (nSPS) is 15.4. The Hall–Kier alpha value is -1.62. The molecule has 1 N–H and O–H groups in total. The summed E-state index contributed by atoms with van der Waals surface area (Å²) in [6, 6.07) is 4.50. The number of ether oxygens (including phenoxy) is 1. The van der Waals surface area contributed by atoms with E-state index in [2.05, 4.69) is 30.6 Å². The van der Waals surface area contributed by atoms with E-state index in [1.807, 2.05) is 0 Å². The summed E-state index contributed by atoms with van der Waals surface area (Å²) >= 11 is 3.14. The first-order valence-electron chi connectivity index (χ1n) is 6.74. The summed E-state index contributed by atoms with van der Waals surface area (Å²) in [6.45, 7) is 0.